The van der Waals surface area contributed by atoms with Crippen LogP contribution < -0.4 is 20.7 Å². The molecule has 0 saturated carbocycles. The summed E-state index contributed by atoms with van der Waals surface area (Å²) in [5.41, 5.74) is 0. The van der Waals surface area contributed by atoms with Crippen LogP contribution in [0.25, 0.3) is 0 Å². The zero-order chi connectivity index (χ0) is 40.6. The zero-order valence-corrected chi connectivity index (χ0v) is 34.1. The van der Waals surface area contributed by atoms with Crippen molar-refractivity contribution >= 4 is 43.7 Å². The number of benzene rings is 4. The molecule has 4 rings (SSSR count). The van der Waals surface area contributed by atoms with Crippen LogP contribution in [0.4, 0.5) is 26.3 Å². The van der Waals surface area contributed by atoms with Gasteiger partial charge in [0.1, 0.15) is 18.1 Å². The van der Waals surface area contributed by atoms with Gasteiger partial charge in [0, 0.05) is 0 Å². The largest absolute Gasteiger partial charge is 0.404 e. The van der Waals surface area contributed by atoms with Gasteiger partial charge >= 0.3 is 12.4 Å². The van der Waals surface area contributed by atoms with Crippen LogP contribution in [0.1, 0.15) is 55.4 Å². The van der Waals surface area contributed by atoms with Gasteiger partial charge in [-0.05, 0) is 44.7 Å². The second kappa shape index (κ2) is 17.9. The minimum Gasteiger partial charge on any atom is -0.404 e. The van der Waals surface area contributed by atoms with Crippen molar-refractivity contribution in [1.29, 1.82) is 0 Å². The first kappa shape index (κ1) is 44.8. The lowest BCUT2D eigenvalue weighted by molar-refractivity contribution is -0.204. The molecule has 0 aliphatic carbocycles. The summed E-state index contributed by atoms with van der Waals surface area (Å²) in [6.45, 7) is 13.7. The predicted octanol–water partition coefficient (Wildman–Crippen LogP) is 8.45. The van der Waals surface area contributed by atoms with Crippen molar-refractivity contribution in [2.45, 2.75) is 90.0 Å². The molecule has 0 aliphatic heterocycles. The molecule has 4 atom stereocenters. The molecule has 0 aromatic heterocycles. The van der Waals surface area contributed by atoms with Gasteiger partial charge in [-0.1, -0.05) is 163 Å². The van der Waals surface area contributed by atoms with E-state index < -0.39 is 69.7 Å². The van der Waals surface area contributed by atoms with E-state index in [0.717, 1.165) is 20.7 Å². The number of carbonyl (C=O) groups excluding carboxylic acids is 1. The zero-order valence-electron chi connectivity index (χ0n) is 32.1. The van der Waals surface area contributed by atoms with E-state index in [1.807, 2.05) is 163 Å². The van der Waals surface area contributed by atoms with Crippen LogP contribution in [0.15, 0.2) is 121 Å². The number of hydrogen-bond donors (Lipinski definition) is 1. The Hall–Kier alpha value is -3.56. The summed E-state index contributed by atoms with van der Waals surface area (Å²) in [5.74, 6) is -4.10. The lowest BCUT2D eigenvalue weighted by Crippen LogP contribution is -2.68. The smallest absolute Gasteiger partial charge is 0.400 e. The average molecular weight is 791 g/mol. The summed E-state index contributed by atoms with van der Waals surface area (Å²) in [6, 6.07) is 37.8. The Kier molecular flexibility index (Phi) is 14.9. The summed E-state index contributed by atoms with van der Waals surface area (Å²) in [5, 5.41) is 12.1. The molecule has 0 spiro atoms. The highest BCUT2D eigenvalue weighted by molar-refractivity contribution is 7.00. The van der Waals surface area contributed by atoms with Gasteiger partial charge in [0.25, 0.3) is 16.6 Å². The molecule has 0 radical (unpaired) electrons. The van der Waals surface area contributed by atoms with Crippen LogP contribution in [-0.4, -0.2) is 59.2 Å². The van der Waals surface area contributed by atoms with E-state index >= 15 is 0 Å². The fraction of sp³-hybridized carbons (Fsp3) is 0.405. The first-order valence-corrected chi connectivity index (χ1v) is 21.7. The molecule has 12 heteroatoms. The maximum Gasteiger partial charge on any atom is 0.400 e. The number of halogens is 6. The molecule has 4 unspecified atom stereocenters. The standard InChI is InChI=1S/C21H27F3O2Si.C21H25F3O2Si/c2*1-16(19(15-25)21(22,23)24)26-27(20(2,3)4,17-11-7-5-8-12-17)18-13-9-6-10-14-18/h5-14,16,19,25H,15H2,1-4H3;5-16,19H,1-4H3. The van der Waals surface area contributed by atoms with Gasteiger partial charge < -0.3 is 18.8 Å². The molecule has 294 valence electrons. The van der Waals surface area contributed by atoms with Crippen LogP contribution in [0.5, 0.6) is 0 Å². The number of aliphatic hydroxyl groups excluding tert-OH is 1. The Labute approximate surface area is 317 Å². The van der Waals surface area contributed by atoms with Crippen LogP contribution in [-0.2, 0) is 13.6 Å². The van der Waals surface area contributed by atoms with Gasteiger partial charge in [0.15, 0.2) is 0 Å². The monoisotopic (exact) mass is 790 g/mol. The molecule has 0 heterocycles. The van der Waals surface area contributed by atoms with Crippen LogP contribution in [0.3, 0.4) is 0 Å². The van der Waals surface area contributed by atoms with E-state index in [0.29, 0.717) is 0 Å². The highest BCUT2D eigenvalue weighted by atomic mass is 28.4. The molecule has 0 fully saturated rings. The van der Waals surface area contributed by atoms with Crippen molar-refractivity contribution in [2.75, 3.05) is 6.61 Å². The molecular weight excluding hydrogens is 739 g/mol. The topological polar surface area (TPSA) is 55.8 Å². The van der Waals surface area contributed by atoms with Crippen LogP contribution in [0.2, 0.25) is 10.1 Å². The number of aliphatic hydroxyl groups is 1. The molecule has 0 amide bonds. The summed E-state index contributed by atoms with van der Waals surface area (Å²) in [6.07, 6.45) is -11.7. The van der Waals surface area contributed by atoms with E-state index in [1.54, 1.807) is 0 Å². The average Bonchev–Trinajstić information content (AvgIpc) is 3.09. The van der Waals surface area contributed by atoms with E-state index in [1.165, 1.54) is 13.8 Å². The second-order valence-electron chi connectivity index (χ2n) is 15.5. The van der Waals surface area contributed by atoms with E-state index in [-0.39, 0.29) is 6.29 Å². The Morgan fingerprint density at radius 3 is 1.02 bits per heavy atom. The third-order valence-electron chi connectivity index (χ3n) is 9.77. The molecular formula is C42H52F6O4Si2. The number of aldehydes is 1. The van der Waals surface area contributed by atoms with Gasteiger partial charge in [-0.25, -0.2) is 0 Å². The molecule has 1 N–H and O–H groups in total. The normalized spacial score (nSPS) is 15.3. The summed E-state index contributed by atoms with van der Waals surface area (Å²) < 4.78 is 93.1. The maximum atomic E-state index is 13.4. The van der Waals surface area contributed by atoms with E-state index in [4.69, 9.17) is 8.85 Å². The third-order valence-corrected chi connectivity index (χ3v) is 20.0. The SMILES string of the molecule is CC(O[Si](c1ccccc1)(c1ccccc1)C(C)(C)C)C(C=O)C(F)(F)F.CC(O[Si](c1ccccc1)(c1ccccc1)C(C)(C)C)C(CO)C(F)(F)F. The summed E-state index contributed by atoms with van der Waals surface area (Å²) in [4.78, 5) is 11.2. The Morgan fingerprint density at radius 1 is 0.537 bits per heavy atom. The molecule has 4 aromatic carbocycles. The number of carbonyl (C=O) groups is 1. The Morgan fingerprint density at radius 2 is 0.815 bits per heavy atom. The van der Waals surface area contributed by atoms with Gasteiger partial charge in [-0.3, -0.25) is 0 Å². The van der Waals surface area contributed by atoms with Crippen molar-refractivity contribution in [1.82, 2.24) is 0 Å². The minimum absolute atomic E-state index is 0.0531. The first-order valence-electron chi connectivity index (χ1n) is 17.8. The van der Waals surface area contributed by atoms with Crippen molar-refractivity contribution < 1.29 is 45.1 Å². The molecule has 54 heavy (non-hydrogen) atoms. The number of hydrogen-bond acceptors (Lipinski definition) is 4. The Balaban J connectivity index is 0.000000290. The molecule has 0 bridgehead atoms. The minimum atomic E-state index is -4.65. The van der Waals surface area contributed by atoms with E-state index in [2.05, 4.69) is 0 Å². The summed E-state index contributed by atoms with van der Waals surface area (Å²) >= 11 is 0. The van der Waals surface area contributed by atoms with Gasteiger partial charge in [-0.15, -0.1) is 0 Å². The first-order chi connectivity index (χ1) is 25.1. The van der Waals surface area contributed by atoms with Crippen molar-refractivity contribution in [2.24, 2.45) is 11.8 Å². The molecule has 0 saturated heterocycles. The quantitative estimate of drug-likeness (QED) is 0.0890. The predicted molar refractivity (Wildman–Crippen MR) is 209 cm³/mol. The highest BCUT2D eigenvalue weighted by Crippen LogP contribution is 2.41. The van der Waals surface area contributed by atoms with Gasteiger partial charge in [-0.2, -0.15) is 26.3 Å². The molecule has 0 aliphatic rings. The Bertz CT molecular complexity index is 1630. The van der Waals surface area contributed by atoms with E-state index in [9.17, 15) is 36.2 Å². The fourth-order valence-electron chi connectivity index (χ4n) is 7.07. The summed E-state index contributed by atoms with van der Waals surface area (Å²) in [7, 11) is -6.21. The third kappa shape index (κ3) is 10.00. The lowest BCUT2D eigenvalue weighted by Gasteiger charge is -2.45. The number of alkyl halides is 6. The second-order valence-corrected chi connectivity index (χ2v) is 24.0. The van der Waals surface area contributed by atoms with Crippen molar-refractivity contribution in [3.63, 3.8) is 0 Å². The van der Waals surface area contributed by atoms with Crippen LogP contribution >= 0.6 is 0 Å². The van der Waals surface area contributed by atoms with Gasteiger partial charge in [0.2, 0.25) is 0 Å². The number of rotatable bonds is 12. The van der Waals surface area contributed by atoms with Gasteiger partial charge in [0.05, 0.1) is 18.8 Å². The van der Waals surface area contributed by atoms with Crippen molar-refractivity contribution in [3.05, 3.63) is 121 Å². The maximum absolute atomic E-state index is 13.4. The molecule has 4 nitrogen and oxygen atoms in total. The fourth-order valence-corrected chi connectivity index (χ4v) is 16.5. The lowest BCUT2D eigenvalue weighted by atomic mass is 10.1. The highest BCUT2D eigenvalue weighted by Gasteiger charge is 2.55. The molecule has 4 aromatic rings. The van der Waals surface area contributed by atoms with Crippen LogP contribution in [0, 0.1) is 11.8 Å². The van der Waals surface area contributed by atoms with Crippen molar-refractivity contribution in [3.8, 4) is 0 Å².